The Labute approximate surface area is 126 Å². The minimum absolute atomic E-state index is 0.0478. The molecule has 1 aromatic carbocycles. The molecule has 0 heterocycles. The number of ether oxygens (including phenoxy) is 1. The third-order valence-corrected chi connectivity index (χ3v) is 3.69. The molecule has 1 saturated carbocycles. The molecule has 1 aliphatic carbocycles. The standard InChI is InChI=1S/C13H14Cl2N2O3/c14-10-4-8(16)3-9(12(10)15)13(19)20-6-11(18)17-5-7-1-2-7/h3-4,7H,1-2,5-6,16H2,(H,17,18). The van der Waals surface area contributed by atoms with Gasteiger partial charge in [-0.3, -0.25) is 4.79 Å². The average molecular weight is 317 g/mol. The van der Waals surface area contributed by atoms with Gasteiger partial charge in [0.1, 0.15) is 0 Å². The minimum atomic E-state index is -0.731. The number of halogens is 2. The summed E-state index contributed by atoms with van der Waals surface area (Å²) in [6.07, 6.45) is 2.27. The molecule has 0 atom stereocenters. The van der Waals surface area contributed by atoms with Crippen molar-refractivity contribution in [1.82, 2.24) is 5.32 Å². The highest BCUT2D eigenvalue weighted by Crippen LogP contribution is 2.29. The average Bonchev–Trinajstić information content (AvgIpc) is 3.21. The van der Waals surface area contributed by atoms with Gasteiger partial charge in [0.05, 0.1) is 15.6 Å². The number of nitrogen functional groups attached to an aromatic ring is 1. The monoisotopic (exact) mass is 316 g/mol. The molecule has 2 rings (SSSR count). The van der Waals surface area contributed by atoms with E-state index in [2.05, 4.69) is 5.32 Å². The third-order valence-electron chi connectivity index (χ3n) is 2.89. The number of esters is 1. The van der Waals surface area contributed by atoms with Crippen molar-refractivity contribution in [1.29, 1.82) is 0 Å². The molecule has 0 bridgehead atoms. The van der Waals surface area contributed by atoms with Crippen LogP contribution >= 0.6 is 23.2 Å². The van der Waals surface area contributed by atoms with Gasteiger partial charge in [-0.2, -0.15) is 0 Å². The van der Waals surface area contributed by atoms with Crippen LogP contribution in [0, 0.1) is 5.92 Å². The maximum atomic E-state index is 11.8. The van der Waals surface area contributed by atoms with Crippen LogP contribution in [0.5, 0.6) is 0 Å². The Balaban J connectivity index is 1.89. The summed E-state index contributed by atoms with van der Waals surface area (Å²) in [5.41, 5.74) is 5.92. The zero-order valence-electron chi connectivity index (χ0n) is 10.6. The lowest BCUT2D eigenvalue weighted by atomic mass is 10.2. The molecule has 20 heavy (non-hydrogen) atoms. The molecule has 1 amide bonds. The van der Waals surface area contributed by atoms with Crippen molar-refractivity contribution in [2.45, 2.75) is 12.8 Å². The van der Waals surface area contributed by atoms with Crippen LogP contribution in [-0.2, 0) is 9.53 Å². The summed E-state index contributed by atoms with van der Waals surface area (Å²) in [6, 6.07) is 2.79. The van der Waals surface area contributed by atoms with Crippen LogP contribution in [0.25, 0.3) is 0 Å². The molecular weight excluding hydrogens is 303 g/mol. The van der Waals surface area contributed by atoms with Crippen LogP contribution in [0.15, 0.2) is 12.1 Å². The molecule has 7 heteroatoms. The van der Waals surface area contributed by atoms with Crippen molar-refractivity contribution in [3.63, 3.8) is 0 Å². The van der Waals surface area contributed by atoms with E-state index in [0.717, 1.165) is 12.8 Å². The maximum Gasteiger partial charge on any atom is 0.340 e. The minimum Gasteiger partial charge on any atom is -0.452 e. The number of rotatable bonds is 5. The van der Waals surface area contributed by atoms with Crippen LogP contribution in [-0.4, -0.2) is 25.0 Å². The smallest absolute Gasteiger partial charge is 0.340 e. The van der Waals surface area contributed by atoms with E-state index >= 15 is 0 Å². The number of nitrogens with one attached hydrogen (secondary N) is 1. The third kappa shape index (κ3) is 4.02. The Bertz CT molecular complexity index is 545. The summed E-state index contributed by atoms with van der Waals surface area (Å²) >= 11 is 11.7. The predicted octanol–water partition coefficient (Wildman–Crippen LogP) is 2.26. The normalized spacial score (nSPS) is 13.9. The number of carbonyl (C=O) groups is 2. The maximum absolute atomic E-state index is 11.8. The molecule has 0 unspecified atom stereocenters. The first-order chi connectivity index (χ1) is 9.47. The van der Waals surface area contributed by atoms with Gasteiger partial charge in [0, 0.05) is 12.2 Å². The van der Waals surface area contributed by atoms with Gasteiger partial charge in [-0.05, 0) is 30.9 Å². The summed E-state index contributed by atoms with van der Waals surface area (Å²) in [5, 5.41) is 2.91. The first-order valence-corrected chi connectivity index (χ1v) is 6.91. The molecular formula is C13H14Cl2N2O3. The van der Waals surface area contributed by atoms with Crippen molar-refractivity contribution < 1.29 is 14.3 Å². The molecule has 108 valence electrons. The van der Waals surface area contributed by atoms with Crippen molar-refractivity contribution in [3.05, 3.63) is 27.7 Å². The van der Waals surface area contributed by atoms with E-state index in [0.29, 0.717) is 18.2 Å². The number of amides is 1. The van der Waals surface area contributed by atoms with Gasteiger partial charge in [0.25, 0.3) is 5.91 Å². The quantitative estimate of drug-likeness (QED) is 0.645. The summed E-state index contributed by atoms with van der Waals surface area (Å²) < 4.78 is 4.88. The number of carbonyl (C=O) groups excluding carboxylic acids is 2. The first-order valence-electron chi connectivity index (χ1n) is 6.15. The van der Waals surface area contributed by atoms with Gasteiger partial charge < -0.3 is 15.8 Å². The molecule has 3 N–H and O–H groups in total. The lowest BCUT2D eigenvalue weighted by Crippen LogP contribution is -2.30. The zero-order chi connectivity index (χ0) is 14.7. The highest BCUT2D eigenvalue weighted by atomic mass is 35.5. The highest BCUT2D eigenvalue weighted by molar-refractivity contribution is 6.44. The van der Waals surface area contributed by atoms with E-state index in [1.807, 2.05) is 0 Å². The van der Waals surface area contributed by atoms with Crippen LogP contribution in [0.3, 0.4) is 0 Å². The lowest BCUT2D eigenvalue weighted by Gasteiger charge is -2.08. The molecule has 5 nitrogen and oxygen atoms in total. The van der Waals surface area contributed by atoms with Crippen LogP contribution in [0.4, 0.5) is 5.69 Å². The summed E-state index contributed by atoms with van der Waals surface area (Å²) in [4.78, 5) is 23.3. The van der Waals surface area contributed by atoms with E-state index in [1.54, 1.807) is 0 Å². The van der Waals surface area contributed by atoms with Gasteiger partial charge in [-0.15, -0.1) is 0 Å². The van der Waals surface area contributed by atoms with Gasteiger partial charge in [0.2, 0.25) is 0 Å². The highest BCUT2D eigenvalue weighted by Gasteiger charge is 2.22. The van der Waals surface area contributed by atoms with Crippen LogP contribution in [0.1, 0.15) is 23.2 Å². The molecule has 0 spiro atoms. The second-order valence-corrected chi connectivity index (χ2v) is 5.47. The van der Waals surface area contributed by atoms with Gasteiger partial charge in [0.15, 0.2) is 6.61 Å². The van der Waals surface area contributed by atoms with Gasteiger partial charge in [-0.1, -0.05) is 23.2 Å². The van der Waals surface area contributed by atoms with Crippen molar-refractivity contribution >= 4 is 40.8 Å². The Morgan fingerprint density at radius 2 is 2.05 bits per heavy atom. The van der Waals surface area contributed by atoms with E-state index < -0.39 is 5.97 Å². The van der Waals surface area contributed by atoms with Gasteiger partial charge in [-0.25, -0.2) is 4.79 Å². The number of anilines is 1. The SMILES string of the molecule is Nc1cc(Cl)c(Cl)c(C(=O)OCC(=O)NCC2CC2)c1. The van der Waals surface area contributed by atoms with Crippen molar-refractivity contribution in [2.75, 3.05) is 18.9 Å². The number of hydrogen-bond donors (Lipinski definition) is 2. The fraction of sp³-hybridized carbons (Fsp3) is 0.385. The molecule has 0 radical (unpaired) electrons. The molecule has 1 aliphatic rings. The fourth-order valence-electron chi connectivity index (χ4n) is 1.60. The summed E-state index contributed by atoms with van der Waals surface area (Å²) in [5.74, 6) is -0.501. The lowest BCUT2D eigenvalue weighted by molar-refractivity contribution is -0.124. The summed E-state index contributed by atoms with van der Waals surface area (Å²) in [6.45, 7) is 0.273. The number of hydrogen-bond acceptors (Lipinski definition) is 4. The van der Waals surface area contributed by atoms with Gasteiger partial charge >= 0.3 is 5.97 Å². The number of benzene rings is 1. The Kier molecular flexibility index (Phi) is 4.73. The van der Waals surface area contributed by atoms with E-state index in [-0.39, 0.29) is 28.1 Å². The Hall–Kier alpha value is -1.46. The fourth-order valence-corrected chi connectivity index (χ4v) is 2.01. The topological polar surface area (TPSA) is 81.4 Å². The van der Waals surface area contributed by atoms with E-state index in [1.165, 1.54) is 12.1 Å². The molecule has 1 fully saturated rings. The molecule has 1 aromatic rings. The predicted molar refractivity (Wildman–Crippen MR) is 76.9 cm³/mol. The molecule has 0 saturated heterocycles. The van der Waals surface area contributed by atoms with Crippen molar-refractivity contribution in [3.8, 4) is 0 Å². The first kappa shape index (κ1) is 14.9. The zero-order valence-corrected chi connectivity index (χ0v) is 12.1. The van der Waals surface area contributed by atoms with Crippen LogP contribution in [0.2, 0.25) is 10.0 Å². The van der Waals surface area contributed by atoms with E-state index in [4.69, 9.17) is 33.7 Å². The molecule has 0 aliphatic heterocycles. The largest absolute Gasteiger partial charge is 0.452 e. The Morgan fingerprint density at radius 1 is 1.35 bits per heavy atom. The molecule has 0 aromatic heterocycles. The van der Waals surface area contributed by atoms with Crippen molar-refractivity contribution in [2.24, 2.45) is 5.92 Å². The van der Waals surface area contributed by atoms with E-state index in [9.17, 15) is 9.59 Å². The Morgan fingerprint density at radius 3 is 2.70 bits per heavy atom. The second kappa shape index (κ2) is 6.33. The number of nitrogens with two attached hydrogens (primary N) is 1. The second-order valence-electron chi connectivity index (χ2n) is 4.69. The van der Waals surface area contributed by atoms with Crippen LogP contribution < -0.4 is 11.1 Å². The summed E-state index contributed by atoms with van der Waals surface area (Å²) in [7, 11) is 0.